The van der Waals surface area contributed by atoms with Gasteiger partial charge in [-0.25, -0.2) is 9.59 Å². The zero-order valence-electron chi connectivity index (χ0n) is 18.6. The standard InChI is InChI=1S/C11H8O5.C10H6O5.C2H4O2.HI/c1-15-8-4-2-3-6-7(12)5-9(11(13)14)16-10(6)8;11-6-3-1-2-5-7(12)4-8(10(13)14)15-9(5)6;1-2(3)4;/h2-5H,1H3,(H,13,14);1-4,11H,(H,13,14);1H3,(H,3,4);1H. The molecule has 0 amide bonds. The number of ether oxygens (including phenoxy) is 1. The van der Waals surface area contributed by atoms with Crippen LogP contribution in [0.2, 0.25) is 0 Å². The Labute approximate surface area is 218 Å². The average Bonchev–Trinajstić information content (AvgIpc) is 2.79. The molecular weight excluding hydrogens is 595 g/mol. The van der Waals surface area contributed by atoms with Gasteiger partial charge in [0, 0.05) is 19.1 Å². The summed E-state index contributed by atoms with van der Waals surface area (Å²) in [4.78, 5) is 53.3. The van der Waals surface area contributed by atoms with Gasteiger partial charge < -0.3 is 34.0 Å². The Morgan fingerprint density at radius 3 is 1.64 bits per heavy atom. The molecule has 2 aromatic carbocycles. The molecule has 0 saturated carbocycles. The summed E-state index contributed by atoms with van der Waals surface area (Å²) in [5.74, 6) is -4.29. The number of para-hydroxylation sites is 2. The highest BCUT2D eigenvalue weighted by Crippen LogP contribution is 2.24. The monoisotopic (exact) mass is 614 g/mol. The Balaban J connectivity index is 0.000000307. The predicted octanol–water partition coefficient (Wildman–Crippen LogP) is 3.41. The second-order valence-corrected chi connectivity index (χ2v) is 6.57. The van der Waals surface area contributed by atoms with Crippen molar-refractivity contribution in [2.24, 2.45) is 0 Å². The minimum absolute atomic E-state index is 0. The summed E-state index contributed by atoms with van der Waals surface area (Å²) < 4.78 is 15.0. The fraction of sp³-hybridized carbons (Fsp3) is 0.0870. The molecule has 0 unspecified atom stereocenters. The van der Waals surface area contributed by atoms with E-state index in [1.165, 1.54) is 25.3 Å². The Morgan fingerprint density at radius 1 is 0.778 bits per heavy atom. The third kappa shape index (κ3) is 7.30. The van der Waals surface area contributed by atoms with Gasteiger partial charge in [-0.2, -0.15) is 0 Å². The molecule has 0 aliphatic heterocycles. The van der Waals surface area contributed by atoms with Crippen LogP contribution >= 0.6 is 24.0 Å². The number of aromatic hydroxyl groups is 1. The predicted molar refractivity (Wildman–Crippen MR) is 136 cm³/mol. The number of hydrogen-bond donors (Lipinski definition) is 4. The molecule has 4 N–H and O–H groups in total. The smallest absolute Gasteiger partial charge is 0.371 e. The number of fused-ring (bicyclic) bond motifs is 2. The van der Waals surface area contributed by atoms with E-state index < -0.39 is 40.3 Å². The normalized spacial score (nSPS) is 9.61. The van der Waals surface area contributed by atoms with Crippen molar-refractivity contribution < 1.29 is 48.4 Å². The van der Waals surface area contributed by atoms with Crippen LogP contribution in [0.15, 0.2) is 67.0 Å². The van der Waals surface area contributed by atoms with E-state index in [4.69, 9.17) is 33.7 Å². The van der Waals surface area contributed by atoms with Crippen molar-refractivity contribution >= 4 is 63.8 Å². The van der Waals surface area contributed by atoms with Crippen LogP contribution in [0.5, 0.6) is 11.5 Å². The molecule has 12 nitrogen and oxygen atoms in total. The highest BCUT2D eigenvalue weighted by atomic mass is 127. The number of phenolic OH excluding ortho intramolecular Hbond substituents is 1. The number of benzene rings is 2. The lowest BCUT2D eigenvalue weighted by molar-refractivity contribution is -0.134. The largest absolute Gasteiger partial charge is 0.504 e. The van der Waals surface area contributed by atoms with E-state index in [2.05, 4.69) is 0 Å². The molecule has 0 bridgehead atoms. The van der Waals surface area contributed by atoms with E-state index in [9.17, 15) is 24.3 Å². The number of aromatic carboxylic acids is 2. The molecule has 0 saturated heterocycles. The average molecular weight is 614 g/mol. The number of aliphatic carboxylic acids is 1. The fourth-order valence-corrected chi connectivity index (χ4v) is 2.69. The Bertz CT molecular complexity index is 1530. The van der Waals surface area contributed by atoms with Crippen LogP contribution in [-0.2, 0) is 4.79 Å². The molecule has 36 heavy (non-hydrogen) atoms. The summed E-state index contributed by atoms with van der Waals surface area (Å²) in [5.41, 5.74) is -0.862. The van der Waals surface area contributed by atoms with E-state index >= 15 is 0 Å². The number of halogens is 1. The Kier molecular flexibility index (Phi) is 10.6. The van der Waals surface area contributed by atoms with Gasteiger partial charge in [-0.1, -0.05) is 12.1 Å². The summed E-state index contributed by atoms with van der Waals surface area (Å²) in [6.45, 7) is 1.08. The highest BCUT2D eigenvalue weighted by Gasteiger charge is 2.14. The van der Waals surface area contributed by atoms with Crippen molar-refractivity contribution in [3.63, 3.8) is 0 Å². The van der Waals surface area contributed by atoms with Gasteiger partial charge in [0.05, 0.1) is 17.9 Å². The highest BCUT2D eigenvalue weighted by molar-refractivity contribution is 14.0. The van der Waals surface area contributed by atoms with Gasteiger partial charge in [-0.15, -0.1) is 24.0 Å². The van der Waals surface area contributed by atoms with Crippen molar-refractivity contribution in [2.75, 3.05) is 7.11 Å². The second-order valence-electron chi connectivity index (χ2n) is 6.57. The summed E-state index contributed by atoms with van der Waals surface area (Å²) in [6.07, 6.45) is 0. The molecule has 0 aliphatic carbocycles. The lowest BCUT2D eigenvalue weighted by atomic mass is 10.2. The maximum atomic E-state index is 11.6. The van der Waals surface area contributed by atoms with Crippen LogP contribution < -0.4 is 15.6 Å². The SMILES string of the molecule is CC(=O)O.COc1cccc2c(=O)cc(C(=O)O)oc12.I.O=C(O)c1cc(=O)c2cccc(O)c2o1. The van der Waals surface area contributed by atoms with E-state index in [1.807, 2.05) is 0 Å². The second kappa shape index (κ2) is 12.9. The number of carboxylic acid groups (broad SMARTS) is 3. The Morgan fingerprint density at radius 2 is 1.19 bits per heavy atom. The van der Waals surface area contributed by atoms with Crippen LogP contribution in [0.1, 0.15) is 28.0 Å². The van der Waals surface area contributed by atoms with Crippen molar-refractivity contribution in [1.29, 1.82) is 0 Å². The third-order valence-corrected chi connectivity index (χ3v) is 4.09. The minimum atomic E-state index is -1.35. The minimum Gasteiger partial charge on any atom is -0.504 e. The number of hydrogen-bond acceptors (Lipinski definition) is 9. The van der Waals surface area contributed by atoms with Crippen LogP contribution in [0.4, 0.5) is 0 Å². The number of carbonyl (C=O) groups is 3. The molecule has 13 heteroatoms. The lowest BCUT2D eigenvalue weighted by Gasteiger charge is -2.03. The number of carboxylic acids is 3. The maximum Gasteiger partial charge on any atom is 0.371 e. The van der Waals surface area contributed by atoms with Crippen LogP contribution in [0.3, 0.4) is 0 Å². The zero-order chi connectivity index (χ0) is 26.3. The van der Waals surface area contributed by atoms with E-state index in [1.54, 1.807) is 18.2 Å². The van der Waals surface area contributed by atoms with Gasteiger partial charge in [0.2, 0.25) is 11.5 Å². The van der Waals surface area contributed by atoms with Crippen LogP contribution in [-0.4, -0.2) is 45.4 Å². The van der Waals surface area contributed by atoms with Crippen molar-refractivity contribution in [2.45, 2.75) is 6.92 Å². The quantitative estimate of drug-likeness (QED) is 0.245. The maximum absolute atomic E-state index is 11.6. The first kappa shape index (κ1) is 29.6. The topological polar surface area (TPSA) is 202 Å². The third-order valence-electron chi connectivity index (χ3n) is 4.09. The lowest BCUT2D eigenvalue weighted by Crippen LogP contribution is -2.06. The van der Waals surface area contributed by atoms with Gasteiger partial charge in [0.15, 0.2) is 33.5 Å². The van der Waals surface area contributed by atoms with Crippen molar-refractivity contribution in [3.05, 3.63) is 80.5 Å². The number of rotatable bonds is 3. The van der Waals surface area contributed by atoms with Crippen LogP contribution in [0, 0.1) is 0 Å². The van der Waals surface area contributed by atoms with Gasteiger partial charge in [0.1, 0.15) is 0 Å². The summed E-state index contributed by atoms with van der Waals surface area (Å²) in [6, 6.07) is 10.9. The van der Waals surface area contributed by atoms with E-state index in [0.29, 0.717) is 11.1 Å². The molecule has 4 aromatic rings. The van der Waals surface area contributed by atoms with Crippen LogP contribution in [0.25, 0.3) is 21.9 Å². The summed E-state index contributed by atoms with van der Waals surface area (Å²) in [5, 5.41) is 34.6. The molecule has 2 aromatic heterocycles. The summed E-state index contributed by atoms with van der Waals surface area (Å²) in [7, 11) is 1.42. The van der Waals surface area contributed by atoms with E-state index in [-0.39, 0.29) is 46.3 Å². The molecule has 0 atom stereocenters. The first-order valence-electron chi connectivity index (χ1n) is 9.49. The summed E-state index contributed by atoms with van der Waals surface area (Å²) >= 11 is 0. The Hall–Kier alpha value is -4.40. The molecule has 190 valence electrons. The first-order valence-corrected chi connectivity index (χ1v) is 9.49. The molecule has 0 spiro atoms. The molecule has 4 rings (SSSR count). The fourth-order valence-electron chi connectivity index (χ4n) is 2.69. The first-order chi connectivity index (χ1) is 16.5. The van der Waals surface area contributed by atoms with E-state index in [0.717, 1.165) is 19.1 Å². The molecule has 0 radical (unpaired) electrons. The number of methoxy groups -OCH3 is 1. The van der Waals surface area contributed by atoms with Crippen molar-refractivity contribution in [3.8, 4) is 11.5 Å². The van der Waals surface area contributed by atoms with Gasteiger partial charge in [0.25, 0.3) is 5.97 Å². The van der Waals surface area contributed by atoms with Gasteiger partial charge >= 0.3 is 11.9 Å². The molecule has 0 fully saturated rings. The number of phenols is 1. The zero-order valence-corrected chi connectivity index (χ0v) is 20.9. The molecular formula is C23H19IO12. The molecule has 2 heterocycles. The van der Waals surface area contributed by atoms with Gasteiger partial charge in [-0.05, 0) is 24.3 Å². The van der Waals surface area contributed by atoms with Gasteiger partial charge in [-0.3, -0.25) is 14.4 Å². The molecule has 0 aliphatic rings. The van der Waals surface area contributed by atoms with Crippen molar-refractivity contribution in [1.82, 2.24) is 0 Å².